The molecule has 0 aliphatic carbocycles. The molecule has 3 aromatic rings. The zero-order valence-corrected chi connectivity index (χ0v) is 16.2. The number of fused-ring (bicyclic) bond motifs is 1. The number of aromatic nitrogens is 2. The molecule has 3 rings (SSSR count). The van der Waals surface area contributed by atoms with Crippen LogP contribution < -0.4 is 15.8 Å². The minimum absolute atomic E-state index is 0.0697. The Bertz CT molecular complexity index is 1230. The topological polar surface area (TPSA) is 163 Å². The van der Waals surface area contributed by atoms with Crippen molar-refractivity contribution in [3.05, 3.63) is 58.3 Å². The van der Waals surface area contributed by atoms with E-state index in [9.17, 15) is 18.5 Å². The maximum absolute atomic E-state index is 12.3. The molecule has 3 N–H and O–H groups in total. The van der Waals surface area contributed by atoms with Crippen LogP contribution in [0.5, 0.6) is 5.75 Å². The number of aryl methyl sites for hydroxylation is 1. The maximum Gasteiger partial charge on any atom is 0.285 e. The van der Waals surface area contributed by atoms with Crippen LogP contribution in [-0.2, 0) is 10.0 Å². The van der Waals surface area contributed by atoms with Crippen LogP contribution in [0.3, 0.4) is 0 Å². The highest BCUT2D eigenvalue weighted by Crippen LogP contribution is 2.23. The number of benzene rings is 2. The van der Waals surface area contributed by atoms with Gasteiger partial charge in [-0.05, 0) is 37.3 Å². The Kier molecular flexibility index (Phi) is 5.28. The van der Waals surface area contributed by atoms with E-state index in [1.165, 1.54) is 0 Å². The number of nitrogens with zero attached hydrogens (tertiary/aromatic N) is 4. The molecule has 0 unspecified atom stereocenters. The number of nitrogens with two attached hydrogens (primary N) is 1. The fraction of sp³-hybridized carbons (Fsp3) is 0.118. The molecular formula is C17H16N6O5S. The van der Waals surface area contributed by atoms with Crippen molar-refractivity contribution < 1.29 is 18.1 Å². The minimum atomic E-state index is -4.18. The third-order valence-electron chi connectivity index (χ3n) is 3.90. The van der Waals surface area contributed by atoms with E-state index in [1.807, 2.05) is 0 Å². The fourth-order valence-electron chi connectivity index (χ4n) is 2.50. The van der Waals surface area contributed by atoms with Crippen LogP contribution in [0.15, 0.2) is 51.8 Å². The summed E-state index contributed by atoms with van der Waals surface area (Å²) in [6.07, 6.45) is 0. The Morgan fingerprint density at radius 3 is 2.52 bits per heavy atom. The van der Waals surface area contributed by atoms with E-state index >= 15 is 0 Å². The lowest BCUT2D eigenvalue weighted by Crippen LogP contribution is -2.25. The number of methoxy groups -OCH3 is 1. The lowest BCUT2D eigenvalue weighted by Gasteiger charge is -2.08. The van der Waals surface area contributed by atoms with E-state index in [0.717, 1.165) is 29.7 Å². The molecule has 12 heteroatoms. The first-order chi connectivity index (χ1) is 13.7. The molecule has 29 heavy (non-hydrogen) atoms. The summed E-state index contributed by atoms with van der Waals surface area (Å²) in [4.78, 5) is 18.3. The number of hydrogen-bond acceptors (Lipinski definition) is 7. The van der Waals surface area contributed by atoms with Crippen molar-refractivity contribution in [1.82, 2.24) is 9.97 Å². The van der Waals surface area contributed by atoms with E-state index in [0.29, 0.717) is 17.0 Å². The van der Waals surface area contributed by atoms with Gasteiger partial charge in [0.15, 0.2) is 0 Å². The number of ether oxygens (including phenoxy) is 1. The van der Waals surface area contributed by atoms with Crippen molar-refractivity contribution in [3.63, 3.8) is 0 Å². The average Bonchev–Trinajstić information content (AvgIpc) is 2.67. The number of guanidine groups is 1. The summed E-state index contributed by atoms with van der Waals surface area (Å²) in [5, 5.41) is 14.0. The third-order valence-corrected chi connectivity index (χ3v) is 5.20. The van der Waals surface area contributed by atoms with Crippen LogP contribution in [0.2, 0.25) is 0 Å². The van der Waals surface area contributed by atoms with Gasteiger partial charge in [0.05, 0.1) is 28.1 Å². The predicted octanol–water partition coefficient (Wildman–Crippen LogP) is 1.97. The van der Waals surface area contributed by atoms with Crippen molar-refractivity contribution >= 4 is 38.5 Å². The smallest absolute Gasteiger partial charge is 0.285 e. The molecule has 1 heterocycles. The molecule has 0 aliphatic rings. The SMILES string of the molecule is COc1ccc2nc(NC(N)=NS(=O)(=O)c3ccc([N+](=O)[O-])cc3)nc(C)c2c1. The van der Waals surface area contributed by atoms with Crippen LogP contribution in [0.25, 0.3) is 10.9 Å². The van der Waals surface area contributed by atoms with Gasteiger partial charge in [-0.2, -0.15) is 8.42 Å². The molecule has 150 valence electrons. The number of nitro benzene ring substituents is 1. The van der Waals surface area contributed by atoms with E-state index in [4.69, 9.17) is 10.5 Å². The van der Waals surface area contributed by atoms with Gasteiger partial charge in [-0.25, -0.2) is 9.97 Å². The molecule has 0 saturated carbocycles. The van der Waals surface area contributed by atoms with Gasteiger partial charge in [0.1, 0.15) is 5.75 Å². The van der Waals surface area contributed by atoms with Crippen LogP contribution in [-0.4, -0.2) is 36.4 Å². The third kappa shape index (κ3) is 4.38. The van der Waals surface area contributed by atoms with Gasteiger partial charge >= 0.3 is 0 Å². The normalized spacial score (nSPS) is 12.0. The van der Waals surface area contributed by atoms with Gasteiger partial charge in [0.2, 0.25) is 11.9 Å². The summed E-state index contributed by atoms with van der Waals surface area (Å²) in [6.45, 7) is 1.76. The molecule has 0 spiro atoms. The number of hydrogen-bond donors (Lipinski definition) is 2. The predicted molar refractivity (Wildman–Crippen MR) is 106 cm³/mol. The molecule has 1 aromatic heterocycles. The van der Waals surface area contributed by atoms with E-state index < -0.39 is 20.9 Å². The largest absolute Gasteiger partial charge is 0.497 e. The average molecular weight is 416 g/mol. The van der Waals surface area contributed by atoms with Crippen LogP contribution in [0, 0.1) is 17.0 Å². The summed E-state index contributed by atoms with van der Waals surface area (Å²) < 4.78 is 33.3. The molecule has 0 atom stereocenters. The first kappa shape index (κ1) is 19.9. The van der Waals surface area contributed by atoms with Gasteiger partial charge in [-0.1, -0.05) is 0 Å². The second-order valence-corrected chi connectivity index (χ2v) is 7.45. The highest BCUT2D eigenvalue weighted by Gasteiger charge is 2.16. The van der Waals surface area contributed by atoms with Crippen molar-refractivity contribution in [1.29, 1.82) is 0 Å². The molecule has 0 bridgehead atoms. The summed E-state index contributed by atoms with van der Waals surface area (Å²) in [5.41, 5.74) is 6.69. The summed E-state index contributed by atoms with van der Waals surface area (Å²) >= 11 is 0. The van der Waals surface area contributed by atoms with Crippen molar-refractivity contribution in [3.8, 4) is 5.75 Å². The number of anilines is 1. The molecule has 2 aromatic carbocycles. The molecule has 0 fully saturated rings. The van der Waals surface area contributed by atoms with Crippen LogP contribution >= 0.6 is 0 Å². The summed E-state index contributed by atoms with van der Waals surface area (Å²) in [5.74, 6) is 0.274. The molecule has 0 aliphatic heterocycles. The van der Waals surface area contributed by atoms with Gasteiger partial charge < -0.3 is 10.5 Å². The first-order valence-corrected chi connectivity index (χ1v) is 9.58. The second-order valence-electron chi connectivity index (χ2n) is 5.84. The van der Waals surface area contributed by atoms with Gasteiger partial charge in [0.25, 0.3) is 15.7 Å². The first-order valence-electron chi connectivity index (χ1n) is 8.14. The highest BCUT2D eigenvalue weighted by atomic mass is 32.2. The zero-order chi connectivity index (χ0) is 21.2. The minimum Gasteiger partial charge on any atom is -0.497 e. The monoisotopic (exact) mass is 416 g/mol. The number of nitro groups is 1. The molecule has 0 amide bonds. The van der Waals surface area contributed by atoms with E-state index in [-0.39, 0.29) is 16.5 Å². The van der Waals surface area contributed by atoms with E-state index in [1.54, 1.807) is 32.2 Å². The number of sulfonamides is 1. The lowest BCUT2D eigenvalue weighted by molar-refractivity contribution is -0.384. The Labute approximate surface area is 165 Å². The van der Waals surface area contributed by atoms with Gasteiger partial charge in [-0.3, -0.25) is 15.4 Å². The molecule has 11 nitrogen and oxygen atoms in total. The number of non-ortho nitro benzene ring substituents is 1. The number of rotatable bonds is 5. The van der Waals surface area contributed by atoms with Gasteiger partial charge in [-0.15, -0.1) is 4.40 Å². The van der Waals surface area contributed by atoms with Crippen LogP contribution in [0.1, 0.15) is 5.69 Å². The fourth-order valence-corrected chi connectivity index (χ4v) is 3.39. The highest BCUT2D eigenvalue weighted by molar-refractivity contribution is 7.90. The maximum atomic E-state index is 12.3. The quantitative estimate of drug-likeness (QED) is 0.274. The second kappa shape index (κ2) is 7.67. The Balaban J connectivity index is 1.87. The number of nitrogens with one attached hydrogen (secondary N) is 1. The molecule has 0 radical (unpaired) electrons. The Hall–Kier alpha value is -3.80. The van der Waals surface area contributed by atoms with Crippen molar-refractivity contribution in [2.24, 2.45) is 10.1 Å². The van der Waals surface area contributed by atoms with Gasteiger partial charge in [0, 0.05) is 17.5 Å². The summed E-state index contributed by atoms with van der Waals surface area (Å²) in [7, 11) is -2.63. The lowest BCUT2D eigenvalue weighted by atomic mass is 10.2. The molecule has 0 saturated heterocycles. The van der Waals surface area contributed by atoms with Crippen molar-refractivity contribution in [2.75, 3.05) is 12.4 Å². The Morgan fingerprint density at radius 2 is 1.90 bits per heavy atom. The zero-order valence-electron chi connectivity index (χ0n) is 15.4. The molecular weight excluding hydrogens is 400 g/mol. The van der Waals surface area contributed by atoms with Crippen LogP contribution in [0.4, 0.5) is 11.6 Å². The summed E-state index contributed by atoms with van der Waals surface area (Å²) in [6, 6.07) is 9.53. The standard InChI is InChI=1S/C17H16N6O5S/c1-10-14-9-12(28-2)5-8-15(14)20-17(19-10)21-16(18)22-29(26,27)13-6-3-11(4-7-13)23(24)25/h3-9H,1-2H3,(H3,18,19,20,21,22). The Morgan fingerprint density at radius 1 is 1.21 bits per heavy atom. The van der Waals surface area contributed by atoms with Crippen molar-refractivity contribution in [2.45, 2.75) is 11.8 Å². The van der Waals surface area contributed by atoms with E-state index in [2.05, 4.69) is 19.7 Å².